The Morgan fingerprint density at radius 3 is 2.72 bits per heavy atom. The van der Waals surface area contributed by atoms with Crippen molar-refractivity contribution in [1.82, 2.24) is 4.98 Å². The van der Waals surface area contributed by atoms with Gasteiger partial charge in [0.1, 0.15) is 12.3 Å². The van der Waals surface area contributed by atoms with Crippen molar-refractivity contribution in [3.8, 4) is 0 Å². The molecule has 25 heavy (non-hydrogen) atoms. The molecule has 0 saturated carbocycles. The van der Waals surface area contributed by atoms with E-state index in [1.54, 1.807) is 24.3 Å². The second kappa shape index (κ2) is 7.09. The van der Waals surface area contributed by atoms with E-state index in [0.717, 1.165) is 5.56 Å². The van der Waals surface area contributed by atoms with Gasteiger partial charge in [-0.3, -0.25) is 9.59 Å². The number of methoxy groups -OCH3 is 1. The zero-order valence-electron chi connectivity index (χ0n) is 13.9. The van der Waals surface area contributed by atoms with E-state index in [9.17, 15) is 9.59 Å². The van der Waals surface area contributed by atoms with Gasteiger partial charge < -0.3 is 15.0 Å². The Morgan fingerprint density at radius 1 is 1.20 bits per heavy atom. The summed E-state index contributed by atoms with van der Waals surface area (Å²) in [6.45, 7) is 1.82. The second-order valence-electron chi connectivity index (χ2n) is 5.74. The first-order valence-corrected chi connectivity index (χ1v) is 8.09. The summed E-state index contributed by atoms with van der Waals surface area (Å²) in [7, 11) is 1.44. The van der Waals surface area contributed by atoms with Gasteiger partial charge in [0.15, 0.2) is 0 Å². The zero-order chi connectivity index (χ0) is 18.0. The highest BCUT2D eigenvalue weighted by Gasteiger charge is 2.21. The Labute approximate surface area is 149 Å². The van der Waals surface area contributed by atoms with E-state index in [1.165, 1.54) is 7.11 Å². The maximum Gasteiger partial charge on any atom is 0.250 e. The maximum atomic E-state index is 13.0. The predicted octanol–water partition coefficient (Wildman–Crippen LogP) is 3.95. The summed E-state index contributed by atoms with van der Waals surface area (Å²) in [4.78, 5) is 28.0. The lowest BCUT2D eigenvalue weighted by Crippen LogP contribution is -2.19. The molecule has 0 unspecified atom stereocenters. The second-order valence-corrected chi connectivity index (χ2v) is 6.18. The van der Waals surface area contributed by atoms with Crippen LogP contribution in [0.1, 0.15) is 21.6 Å². The smallest absolute Gasteiger partial charge is 0.250 e. The molecule has 0 fully saturated rings. The van der Waals surface area contributed by atoms with E-state index >= 15 is 0 Å². The van der Waals surface area contributed by atoms with Crippen LogP contribution >= 0.6 is 11.6 Å². The number of rotatable bonds is 5. The van der Waals surface area contributed by atoms with Crippen molar-refractivity contribution in [2.24, 2.45) is 0 Å². The van der Waals surface area contributed by atoms with Crippen LogP contribution in [0.3, 0.4) is 0 Å². The van der Waals surface area contributed by atoms with Crippen LogP contribution in [0.4, 0.5) is 5.69 Å². The molecule has 2 N–H and O–H groups in total. The number of carbonyl (C=O) groups excluding carboxylic acids is 2. The number of aromatic amines is 1. The minimum absolute atomic E-state index is 0.0989. The van der Waals surface area contributed by atoms with Crippen molar-refractivity contribution in [3.63, 3.8) is 0 Å². The highest BCUT2D eigenvalue weighted by Crippen LogP contribution is 2.31. The molecule has 0 spiro atoms. The van der Waals surface area contributed by atoms with Gasteiger partial charge in [0.05, 0.1) is 5.69 Å². The fourth-order valence-electron chi connectivity index (χ4n) is 2.71. The molecule has 0 atom stereocenters. The molecule has 0 aliphatic rings. The number of ether oxygens (including phenoxy) is 1. The molecule has 0 saturated heterocycles. The Morgan fingerprint density at radius 2 is 2.00 bits per heavy atom. The average Bonchev–Trinajstić information content (AvgIpc) is 2.92. The largest absolute Gasteiger partial charge is 0.375 e. The van der Waals surface area contributed by atoms with Gasteiger partial charge in [-0.25, -0.2) is 0 Å². The van der Waals surface area contributed by atoms with Crippen LogP contribution in [0.15, 0.2) is 42.5 Å². The molecule has 0 radical (unpaired) electrons. The van der Waals surface area contributed by atoms with E-state index in [1.807, 2.05) is 25.1 Å². The summed E-state index contributed by atoms with van der Waals surface area (Å²) in [5, 5.41) is 4.01. The number of fused-ring (bicyclic) bond motifs is 1. The number of aryl methyl sites for hydroxylation is 1. The van der Waals surface area contributed by atoms with Crippen LogP contribution in [-0.2, 0) is 9.53 Å². The minimum Gasteiger partial charge on any atom is -0.375 e. The highest BCUT2D eigenvalue weighted by molar-refractivity contribution is 6.31. The molecular formula is C19H17ClN2O3. The molecule has 3 aromatic rings. The summed E-state index contributed by atoms with van der Waals surface area (Å²) in [6.07, 6.45) is 0. The molecule has 1 aromatic heterocycles. The van der Waals surface area contributed by atoms with Gasteiger partial charge in [-0.05, 0) is 31.2 Å². The number of amides is 1. The number of benzene rings is 2. The van der Waals surface area contributed by atoms with Gasteiger partial charge in [0.2, 0.25) is 11.7 Å². The number of hydrogen-bond donors (Lipinski definition) is 2. The van der Waals surface area contributed by atoms with Crippen LogP contribution in [0.5, 0.6) is 0 Å². The molecule has 5 nitrogen and oxygen atoms in total. The first-order valence-electron chi connectivity index (χ1n) is 7.71. The van der Waals surface area contributed by atoms with Gasteiger partial charge in [-0.2, -0.15) is 0 Å². The predicted molar refractivity (Wildman–Crippen MR) is 98.4 cm³/mol. The molecule has 1 heterocycles. The van der Waals surface area contributed by atoms with E-state index in [0.29, 0.717) is 32.9 Å². The summed E-state index contributed by atoms with van der Waals surface area (Å²) in [5.41, 5.74) is 2.94. The van der Waals surface area contributed by atoms with Crippen LogP contribution in [0.25, 0.3) is 10.9 Å². The fourth-order valence-corrected chi connectivity index (χ4v) is 2.88. The molecule has 0 aliphatic heterocycles. The number of ketones is 1. The topological polar surface area (TPSA) is 71.2 Å². The Balaban J connectivity index is 2.12. The van der Waals surface area contributed by atoms with Crippen LogP contribution < -0.4 is 5.32 Å². The standard InChI is InChI=1S/C19H17ClN2O3/c1-11-4-3-5-12(8-11)19(24)18-17(22-16(23)10-25-2)14-7-6-13(20)9-15(14)21-18/h3-9,21H,10H2,1-2H3,(H,22,23). The minimum atomic E-state index is -0.336. The van der Waals surface area contributed by atoms with E-state index in [2.05, 4.69) is 10.3 Å². The van der Waals surface area contributed by atoms with Gasteiger partial charge in [0.25, 0.3) is 0 Å². The molecule has 0 aliphatic carbocycles. The normalized spacial score (nSPS) is 10.8. The third kappa shape index (κ3) is 3.57. The Bertz CT molecular complexity index is 962. The lowest BCUT2D eigenvalue weighted by atomic mass is 10.0. The Kier molecular flexibility index (Phi) is 4.88. The van der Waals surface area contributed by atoms with Gasteiger partial charge in [0, 0.05) is 28.6 Å². The van der Waals surface area contributed by atoms with Crippen molar-refractivity contribution < 1.29 is 14.3 Å². The summed E-state index contributed by atoms with van der Waals surface area (Å²) in [6, 6.07) is 12.5. The summed E-state index contributed by atoms with van der Waals surface area (Å²) < 4.78 is 4.86. The first-order chi connectivity index (χ1) is 12.0. The number of nitrogens with one attached hydrogen (secondary N) is 2. The van der Waals surface area contributed by atoms with E-state index in [4.69, 9.17) is 16.3 Å². The number of H-pyrrole nitrogens is 1. The first kappa shape index (κ1) is 17.2. The number of anilines is 1. The van der Waals surface area contributed by atoms with Crippen LogP contribution in [0.2, 0.25) is 5.02 Å². The van der Waals surface area contributed by atoms with Crippen LogP contribution in [0, 0.1) is 6.92 Å². The number of carbonyl (C=O) groups is 2. The van der Waals surface area contributed by atoms with Crippen LogP contribution in [-0.4, -0.2) is 30.4 Å². The van der Waals surface area contributed by atoms with Crippen molar-refractivity contribution >= 4 is 39.9 Å². The van der Waals surface area contributed by atoms with E-state index < -0.39 is 0 Å². The summed E-state index contributed by atoms with van der Waals surface area (Å²) >= 11 is 6.04. The number of hydrogen-bond acceptors (Lipinski definition) is 3. The molecule has 6 heteroatoms. The lowest BCUT2D eigenvalue weighted by Gasteiger charge is -2.07. The third-order valence-corrected chi connectivity index (χ3v) is 4.04. The molecule has 0 bridgehead atoms. The molecule has 128 valence electrons. The van der Waals surface area contributed by atoms with Crippen molar-refractivity contribution in [1.29, 1.82) is 0 Å². The molecule has 2 aromatic carbocycles. The molecular weight excluding hydrogens is 340 g/mol. The van der Waals surface area contributed by atoms with Gasteiger partial charge >= 0.3 is 0 Å². The third-order valence-electron chi connectivity index (χ3n) is 3.81. The van der Waals surface area contributed by atoms with Gasteiger partial charge in [-0.15, -0.1) is 0 Å². The SMILES string of the molecule is COCC(=O)Nc1c(C(=O)c2cccc(C)c2)[nH]c2cc(Cl)ccc12. The lowest BCUT2D eigenvalue weighted by molar-refractivity contribution is -0.119. The van der Waals surface area contributed by atoms with Crippen molar-refractivity contribution in [2.75, 3.05) is 19.0 Å². The highest BCUT2D eigenvalue weighted by atomic mass is 35.5. The fraction of sp³-hybridized carbons (Fsp3) is 0.158. The van der Waals surface area contributed by atoms with E-state index in [-0.39, 0.29) is 18.3 Å². The zero-order valence-corrected chi connectivity index (χ0v) is 14.6. The Hall–Kier alpha value is -2.63. The van der Waals surface area contributed by atoms with Crippen molar-refractivity contribution in [2.45, 2.75) is 6.92 Å². The number of halogens is 1. The quantitative estimate of drug-likeness (QED) is 0.680. The monoisotopic (exact) mass is 356 g/mol. The molecule has 3 rings (SSSR count). The van der Waals surface area contributed by atoms with Gasteiger partial charge in [-0.1, -0.05) is 35.4 Å². The number of aromatic nitrogens is 1. The van der Waals surface area contributed by atoms with Crippen molar-refractivity contribution in [3.05, 3.63) is 64.3 Å². The average molecular weight is 357 g/mol. The summed E-state index contributed by atoms with van der Waals surface area (Å²) in [5.74, 6) is -0.541. The maximum absolute atomic E-state index is 13.0. The molecule has 1 amide bonds.